The lowest BCUT2D eigenvalue weighted by Gasteiger charge is -2.30. The van der Waals surface area contributed by atoms with Gasteiger partial charge in [0.15, 0.2) is 10.4 Å². The normalized spacial score (nSPS) is 18.6. The molecule has 19 heavy (non-hydrogen) atoms. The second-order valence-corrected chi connectivity index (χ2v) is 5.86. The van der Waals surface area contributed by atoms with Crippen molar-refractivity contribution < 1.29 is 14.0 Å². The Bertz CT molecular complexity index is 558. The van der Waals surface area contributed by atoms with E-state index in [0.717, 1.165) is 25.7 Å². The Kier molecular flexibility index (Phi) is 3.45. The molecule has 0 radical (unpaired) electrons. The summed E-state index contributed by atoms with van der Waals surface area (Å²) in [4.78, 5) is 4.28. The van der Waals surface area contributed by atoms with Crippen LogP contribution >= 0.6 is 15.9 Å². The summed E-state index contributed by atoms with van der Waals surface area (Å²) in [6.45, 7) is 0. The summed E-state index contributed by atoms with van der Waals surface area (Å²) in [7, 11) is 0. The molecule has 5 nitrogen and oxygen atoms in total. The molecular formula is C13H15BrN2O3. The Morgan fingerprint density at radius 3 is 2.74 bits per heavy atom. The molecular weight excluding hydrogens is 312 g/mol. The third-order valence-corrected chi connectivity index (χ3v) is 3.95. The molecule has 2 aromatic heterocycles. The van der Waals surface area contributed by atoms with Gasteiger partial charge in [-0.3, -0.25) is 0 Å². The van der Waals surface area contributed by atoms with Gasteiger partial charge in [0.25, 0.3) is 0 Å². The van der Waals surface area contributed by atoms with Gasteiger partial charge >= 0.3 is 0 Å². The highest BCUT2D eigenvalue weighted by Gasteiger charge is 2.31. The van der Waals surface area contributed by atoms with E-state index >= 15 is 0 Å². The van der Waals surface area contributed by atoms with Gasteiger partial charge in [0, 0.05) is 0 Å². The number of nitrogens with zero attached hydrogens (tertiary/aromatic N) is 2. The first-order chi connectivity index (χ1) is 9.15. The molecule has 0 aromatic carbocycles. The van der Waals surface area contributed by atoms with E-state index in [2.05, 4.69) is 26.1 Å². The summed E-state index contributed by atoms with van der Waals surface area (Å²) >= 11 is 3.23. The third kappa shape index (κ3) is 2.90. The van der Waals surface area contributed by atoms with Crippen LogP contribution < -0.4 is 0 Å². The Hall–Kier alpha value is -1.14. The van der Waals surface area contributed by atoms with Crippen molar-refractivity contribution in [1.82, 2.24) is 10.1 Å². The van der Waals surface area contributed by atoms with Crippen LogP contribution in [0.25, 0.3) is 11.6 Å². The maximum atomic E-state index is 10.4. The minimum Gasteiger partial charge on any atom is -0.446 e. The summed E-state index contributed by atoms with van der Waals surface area (Å²) in [6, 6.07) is 3.55. The maximum absolute atomic E-state index is 10.4. The number of hydrogen-bond donors (Lipinski definition) is 1. The van der Waals surface area contributed by atoms with Crippen molar-refractivity contribution in [2.24, 2.45) is 0 Å². The van der Waals surface area contributed by atoms with Crippen LogP contribution in [-0.2, 0) is 6.42 Å². The zero-order chi connectivity index (χ0) is 13.3. The summed E-state index contributed by atoms with van der Waals surface area (Å²) in [6.07, 6.45) is 5.33. The van der Waals surface area contributed by atoms with E-state index in [1.54, 1.807) is 12.1 Å². The van der Waals surface area contributed by atoms with E-state index < -0.39 is 5.60 Å². The average Bonchev–Trinajstić information content (AvgIpc) is 2.98. The lowest BCUT2D eigenvalue weighted by molar-refractivity contribution is -0.00181. The van der Waals surface area contributed by atoms with Gasteiger partial charge in [-0.15, -0.1) is 0 Å². The fourth-order valence-corrected chi connectivity index (χ4v) is 2.84. The molecule has 0 aliphatic heterocycles. The minimum absolute atomic E-state index is 0.417. The van der Waals surface area contributed by atoms with Crippen LogP contribution in [0.4, 0.5) is 0 Å². The van der Waals surface area contributed by atoms with Crippen LogP contribution in [0.1, 0.15) is 38.0 Å². The molecule has 2 heterocycles. The molecule has 0 unspecified atom stereocenters. The molecule has 1 aliphatic carbocycles. The Labute approximate surface area is 119 Å². The topological polar surface area (TPSA) is 72.3 Å². The molecule has 6 heteroatoms. The van der Waals surface area contributed by atoms with Crippen LogP contribution in [0.15, 0.2) is 25.7 Å². The van der Waals surface area contributed by atoms with Crippen LogP contribution in [0.2, 0.25) is 0 Å². The molecule has 1 N–H and O–H groups in total. The number of aromatic nitrogens is 2. The van der Waals surface area contributed by atoms with Crippen molar-refractivity contribution in [1.29, 1.82) is 0 Å². The van der Waals surface area contributed by atoms with Gasteiger partial charge in [0.1, 0.15) is 0 Å². The van der Waals surface area contributed by atoms with Gasteiger partial charge in [-0.1, -0.05) is 24.4 Å². The molecule has 1 aliphatic rings. The molecule has 0 amide bonds. The predicted molar refractivity (Wildman–Crippen MR) is 71.4 cm³/mol. The lowest BCUT2D eigenvalue weighted by atomic mass is 9.82. The molecule has 1 fully saturated rings. The van der Waals surface area contributed by atoms with E-state index in [1.807, 2.05) is 0 Å². The monoisotopic (exact) mass is 326 g/mol. The Morgan fingerprint density at radius 2 is 2.05 bits per heavy atom. The largest absolute Gasteiger partial charge is 0.446 e. The van der Waals surface area contributed by atoms with Gasteiger partial charge in [0.05, 0.1) is 12.0 Å². The number of halogens is 1. The first-order valence-electron chi connectivity index (χ1n) is 6.45. The predicted octanol–water partition coefficient (Wildman–Crippen LogP) is 3.33. The zero-order valence-electron chi connectivity index (χ0n) is 10.4. The summed E-state index contributed by atoms with van der Waals surface area (Å²) in [5, 5.41) is 14.3. The molecule has 0 bridgehead atoms. The van der Waals surface area contributed by atoms with Gasteiger partial charge in [-0.25, -0.2) is 0 Å². The van der Waals surface area contributed by atoms with Crippen molar-refractivity contribution in [2.75, 3.05) is 0 Å². The highest BCUT2D eigenvalue weighted by Crippen LogP contribution is 2.31. The average molecular weight is 327 g/mol. The fraction of sp³-hybridized carbons (Fsp3) is 0.538. The van der Waals surface area contributed by atoms with Crippen molar-refractivity contribution in [3.8, 4) is 11.6 Å². The third-order valence-electron chi connectivity index (χ3n) is 3.53. The second kappa shape index (κ2) is 5.09. The smallest absolute Gasteiger partial charge is 0.238 e. The molecule has 1 saturated carbocycles. The van der Waals surface area contributed by atoms with Crippen LogP contribution in [0.3, 0.4) is 0 Å². The molecule has 0 spiro atoms. The van der Waals surface area contributed by atoms with Crippen LogP contribution in [0, 0.1) is 0 Å². The first-order valence-corrected chi connectivity index (χ1v) is 7.25. The molecule has 3 rings (SSSR count). The van der Waals surface area contributed by atoms with Crippen molar-refractivity contribution in [3.63, 3.8) is 0 Å². The lowest BCUT2D eigenvalue weighted by Crippen LogP contribution is -2.33. The van der Waals surface area contributed by atoms with Crippen LogP contribution in [-0.4, -0.2) is 20.8 Å². The Morgan fingerprint density at radius 1 is 1.26 bits per heavy atom. The van der Waals surface area contributed by atoms with E-state index in [4.69, 9.17) is 8.94 Å². The van der Waals surface area contributed by atoms with Crippen molar-refractivity contribution in [2.45, 2.75) is 44.1 Å². The van der Waals surface area contributed by atoms with E-state index in [1.165, 1.54) is 6.42 Å². The Balaban J connectivity index is 1.74. The van der Waals surface area contributed by atoms with E-state index in [0.29, 0.717) is 28.6 Å². The summed E-state index contributed by atoms with van der Waals surface area (Å²) < 4.78 is 11.2. The highest BCUT2D eigenvalue weighted by atomic mass is 79.9. The number of rotatable bonds is 3. The maximum Gasteiger partial charge on any atom is 0.238 e. The van der Waals surface area contributed by atoms with Crippen LogP contribution in [0.5, 0.6) is 0 Å². The second-order valence-electron chi connectivity index (χ2n) is 5.08. The SMILES string of the molecule is OC1(Cc2nc(-c3ccc(Br)o3)no2)CCCCC1. The van der Waals surface area contributed by atoms with Crippen molar-refractivity contribution in [3.05, 3.63) is 22.7 Å². The van der Waals surface area contributed by atoms with Gasteiger partial charge < -0.3 is 14.0 Å². The standard InChI is InChI=1S/C13H15BrN2O3/c14-10-5-4-9(18-10)12-15-11(19-16-12)8-13(17)6-2-1-3-7-13/h4-5,17H,1-3,6-8H2. The van der Waals surface area contributed by atoms with Gasteiger partial charge in [-0.05, 0) is 40.9 Å². The molecule has 2 aromatic rings. The number of hydrogen-bond acceptors (Lipinski definition) is 5. The van der Waals surface area contributed by atoms with Gasteiger partial charge in [-0.2, -0.15) is 4.98 Å². The molecule has 102 valence electrons. The first kappa shape index (κ1) is 12.9. The molecule has 0 atom stereocenters. The number of furan rings is 1. The minimum atomic E-state index is -0.689. The fourth-order valence-electron chi connectivity index (χ4n) is 2.53. The zero-order valence-corrected chi connectivity index (χ0v) is 12.0. The summed E-state index contributed by atoms with van der Waals surface area (Å²) in [5.41, 5.74) is -0.689. The number of aliphatic hydroxyl groups is 1. The van der Waals surface area contributed by atoms with E-state index in [9.17, 15) is 5.11 Å². The summed E-state index contributed by atoms with van der Waals surface area (Å²) in [5.74, 6) is 1.43. The highest BCUT2D eigenvalue weighted by molar-refractivity contribution is 9.10. The quantitative estimate of drug-likeness (QED) is 0.936. The molecule has 0 saturated heterocycles. The van der Waals surface area contributed by atoms with E-state index in [-0.39, 0.29) is 0 Å². The van der Waals surface area contributed by atoms with Gasteiger partial charge in [0.2, 0.25) is 11.7 Å². The van der Waals surface area contributed by atoms with Crippen molar-refractivity contribution >= 4 is 15.9 Å².